The van der Waals surface area contributed by atoms with E-state index in [0.717, 1.165) is 19.3 Å². The first-order valence-electron chi connectivity index (χ1n) is 9.42. The Balaban J connectivity index is 1.59. The minimum Gasteiger partial charge on any atom is -0.491 e. The molecule has 2 aliphatic rings. The second kappa shape index (κ2) is 8.73. The zero-order chi connectivity index (χ0) is 20.1. The van der Waals surface area contributed by atoms with Crippen molar-refractivity contribution in [1.82, 2.24) is 15.5 Å². The number of carbonyl (C=O) groups is 2. The van der Waals surface area contributed by atoms with Gasteiger partial charge in [-0.25, -0.2) is 0 Å². The van der Waals surface area contributed by atoms with Gasteiger partial charge in [-0.15, -0.1) is 0 Å². The normalized spacial score (nSPS) is 23.7. The molecular weight excluding hydrogens is 358 g/mol. The number of amides is 2. The topological polar surface area (TPSA) is 118 Å². The Morgan fingerprint density at radius 3 is 2.86 bits per heavy atom. The molecule has 0 unspecified atom stereocenters. The van der Waals surface area contributed by atoms with Crippen LogP contribution < -0.4 is 15.4 Å². The zero-order valence-electron chi connectivity index (χ0n) is 15.8. The van der Waals surface area contributed by atoms with Crippen LogP contribution in [0, 0.1) is 22.7 Å². The number of benzene rings is 1. The molecule has 2 heterocycles. The highest BCUT2D eigenvalue weighted by Gasteiger charge is 2.37. The third-order valence-corrected chi connectivity index (χ3v) is 5.26. The quantitative estimate of drug-likeness (QED) is 0.783. The van der Waals surface area contributed by atoms with Gasteiger partial charge >= 0.3 is 0 Å². The van der Waals surface area contributed by atoms with Gasteiger partial charge in [0.15, 0.2) is 0 Å². The van der Waals surface area contributed by atoms with E-state index in [1.807, 2.05) is 0 Å². The van der Waals surface area contributed by atoms with Crippen LogP contribution in [-0.4, -0.2) is 55.0 Å². The van der Waals surface area contributed by atoms with Gasteiger partial charge < -0.3 is 15.0 Å². The number of hydrogen-bond donors (Lipinski definition) is 2. The first-order chi connectivity index (χ1) is 13.6. The molecule has 0 aromatic heterocycles. The highest BCUT2D eigenvalue weighted by atomic mass is 16.5. The SMILES string of the molecule is CNC(=O)c1ccc(C#N)c(OC[C@H]2CC[C@@H](C(=O)N3CCC[C@H]3C#N)N2)c1. The zero-order valence-corrected chi connectivity index (χ0v) is 15.8. The van der Waals surface area contributed by atoms with Crippen LogP contribution in [0.5, 0.6) is 5.75 Å². The molecule has 8 nitrogen and oxygen atoms in total. The number of rotatable bonds is 5. The molecule has 2 fully saturated rings. The largest absolute Gasteiger partial charge is 0.491 e. The molecule has 0 aliphatic carbocycles. The van der Waals surface area contributed by atoms with Crippen LogP contribution in [0.25, 0.3) is 0 Å². The van der Waals surface area contributed by atoms with E-state index >= 15 is 0 Å². The van der Waals surface area contributed by atoms with E-state index < -0.39 is 0 Å². The minimum atomic E-state index is -0.324. The molecule has 1 aromatic rings. The van der Waals surface area contributed by atoms with E-state index in [1.54, 1.807) is 23.1 Å². The van der Waals surface area contributed by atoms with Crippen molar-refractivity contribution < 1.29 is 14.3 Å². The van der Waals surface area contributed by atoms with Crippen molar-refractivity contribution in [2.45, 2.75) is 43.8 Å². The Bertz CT molecular complexity index is 841. The smallest absolute Gasteiger partial charge is 0.251 e. The average molecular weight is 381 g/mol. The van der Waals surface area contributed by atoms with E-state index in [-0.39, 0.29) is 36.5 Å². The Labute approximate surface area is 164 Å². The number of nitrogens with zero attached hydrogens (tertiary/aromatic N) is 3. The van der Waals surface area contributed by atoms with Crippen LogP contribution in [0.4, 0.5) is 0 Å². The molecule has 0 radical (unpaired) electrons. The maximum absolute atomic E-state index is 12.7. The summed E-state index contributed by atoms with van der Waals surface area (Å²) >= 11 is 0. The maximum Gasteiger partial charge on any atom is 0.251 e. The third kappa shape index (κ3) is 4.08. The molecule has 2 aliphatic heterocycles. The molecule has 0 bridgehead atoms. The fourth-order valence-corrected chi connectivity index (χ4v) is 3.72. The number of hydrogen-bond acceptors (Lipinski definition) is 6. The average Bonchev–Trinajstić information content (AvgIpc) is 3.40. The molecule has 1 aromatic carbocycles. The van der Waals surface area contributed by atoms with Gasteiger partial charge in [0.05, 0.1) is 17.7 Å². The van der Waals surface area contributed by atoms with Gasteiger partial charge in [0.1, 0.15) is 24.5 Å². The van der Waals surface area contributed by atoms with E-state index in [2.05, 4.69) is 22.8 Å². The monoisotopic (exact) mass is 381 g/mol. The van der Waals surface area contributed by atoms with Crippen molar-refractivity contribution in [3.05, 3.63) is 29.3 Å². The number of likely N-dealkylation sites (tertiary alicyclic amines) is 1. The molecule has 0 saturated carbocycles. The maximum atomic E-state index is 12.7. The summed E-state index contributed by atoms with van der Waals surface area (Å²) in [6.45, 7) is 0.922. The number of nitriles is 2. The summed E-state index contributed by atoms with van der Waals surface area (Å²) in [6.07, 6.45) is 3.05. The second-order valence-electron chi connectivity index (χ2n) is 7.03. The van der Waals surface area contributed by atoms with Gasteiger partial charge in [-0.3, -0.25) is 14.9 Å². The highest BCUT2D eigenvalue weighted by Crippen LogP contribution is 2.24. The van der Waals surface area contributed by atoms with Crippen LogP contribution in [0.15, 0.2) is 18.2 Å². The fraction of sp³-hybridized carbons (Fsp3) is 0.500. The third-order valence-electron chi connectivity index (χ3n) is 5.26. The lowest BCUT2D eigenvalue weighted by Gasteiger charge is -2.24. The molecule has 2 saturated heterocycles. The fourth-order valence-electron chi connectivity index (χ4n) is 3.72. The Hall–Kier alpha value is -3.10. The second-order valence-corrected chi connectivity index (χ2v) is 7.03. The first-order valence-corrected chi connectivity index (χ1v) is 9.42. The summed E-state index contributed by atoms with van der Waals surface area (Å²) in [5, 5.41) is 24.3. The highest BCUT2D eigenvalue weighted by molar-refractivity contribution is 5.94. The van der Waals surface area contributed by atoms with Gasteiger partial charge in [-0.1, -0.05) is 0 Å². The van der Waals surface area contributed by atoms with Crippen LogP contribution in [-0.2, 0) is 4.79 Å². The number of nitrogens with one attached hydrogen (secondary N) is 2. The van der Waals surface area contributed by atoms with Gasteiger partial charge in [0, 0.05) is 25.2 Å². The molecular formula is C20H23N5O3. The summed E-state index contributed by atoms with van der Waals surface area (Å²) in [7, 11) is 1.54. The van der Waals surface area contributed by atoms with E-state index in [1.165, 1.54) is 7.05 Å². The summed E-state index contributed by atoms with van der Waals surface area (Å²) in [5.41, 5.74) is 0.771. The van der Waals surface area contributed by atoms with Crippen molar-refractivity contribution in [3.63, 3.8) is 0 Å². The Morgan fingerprint density at radius 2 is 2.14 bits per heavy atom. The first kappa shape index (κ1) is 19.7. The van der Waals surface area contributed by atoms with Crippen molar-refractivity contribution in [2.24, 2.45) is 0 Å². The molecule has 3 rings (SSSR count). The van der Waals surface area contributed by atoms with Gasteiger partial charge in [0.25, 0.3) is 5.91 Å². The van der Waals surface area contributed by atoms with Gasteiger partial charge in [-0.2, -0.15) is 10.5 Å². The summed E-state index contributed by atoms with van der Waals surface area (Å²) < 4.78 is 5.80. The lowest BCUT2D eigenvalue weighted by molar-refractivity contribution is -0.133. The summed E-state index contributed by atoms with van der Waals surface area (Å²) in [6, 6.07) is 8.28. The van der Waals surface area contributed by atoms with Crippen molar-refractivity contribution in [2.75, 3.05) is 20.2 Å². The lowest BCUT2D eigenvalue weighted by Crippen LogP contribution is -2.47. The predicted octanol–water partition coefficient (Wildman–Crippen LogP) is 0.932. The van der Waals surface area contributed by atoms with Gasteiger partial charge in [-0.05, 0) is 43.9 Å². The Morgan fingerprint density at radius 1 is 1.32 bits per heavy atom. The van der Waals surface area contributed by atoms with Crippen LogP contribution >= 0.6 is 0 Å². The standard InChI is InChI=1S/C20H23N5O3/c1-23-19(26)13-4-5-14(10-21)18(9-13)28-12-15-6-7-17(24-15)20(27)25-8-2-3-16(25)11-22/h4-5,9,15-17,24H,2-3,6-8,12H2,1H3,(H,23,26)/t15-,16+,17+/m1/s1. The lowest BCUT2D eigenvalue weighted by atomic mass is 10.1. The van der Waals surface area contributed by atoms with Crippen LogP contribution in [0.2, 0.25) is 0 Å². The van der Waals surface area contributed by atoms with E-state index in [0.29, 0.717) is 29.8 Å². The summed E-state index contributed by atoms with van der Waals surface area (Å²) in [5.74, 6) is 0.0757. The van der Waals surface area contributed by atoms with Crippen molar-refractivity contribution >= 4 is 11.8 Å². The van der Waals surface area contributed by atoms with E-state index in [9.17, 15) is 20.1 Å². The molecule has 3 atom stereocenters. The van der Waals surface area contributed by atoms with Crippen molar-refractivity contribution in [1.29, 1.82) is 10.5 Å². The molecule has 146 valence electrons. The summed E-state index contributed by atoms with van der Waals surface area (Å²) in [4.78, 5) is 26.1. The van der Waals surface area contributed by atoms with Gasteiger partial charge in [0.2, 0.25) is 5.91 Å². The predicted molar refractivity (Wildman–Crippen MR) is 100 cm³/mol. The molecule has 2 amide bonds. The van der Waals surface area contributed by atoms with Crippen LogP contribution in [0.1, 0.15) is 41.6 Å². The Kier molecular flexibility index (Phi) is 6.13. The van der Waals surface area contributed by atoms with E-state index in [4.69, 9.17) is 4.74 Å². The minimum absolute atomic E-state index is 0.0223. The number of ether oxygens (including phenoxy) is 1. The molecule has 2 N–H and O–H groups in total. The van der Waals surface area contributed by atoms with Crippen LogP contribution in [0.3, 0.4) is 0 Å². The van der Waals surface area contributed by atoms with Crippen molar-refractivity contribution in [3.8, 4) is 17.9 Å². The molecule has 28 heavy (non-hydrogen) atoms. The number of carbonyl (C=O) groups excluding carboxylic acids is 2. The molecule has 8 heteroatoms. The molecule has 0 spiro atoms.